The summed E-state index contributed by atoms with van der Waals surface area (Å²) >= 11 is 3.43. The van der Waals surface area contributed by atoms with Crippen LogP contribution < -0.4 is 10.5 Å². The standard InChI is InChI=1S/C13H16BrN3O/c1-8-13(9(2)17(3)16-8)18-12-5-4-11(14)6-10(12)7-15/h4-6H,7,15H2,1-3H3. The molecule has 2 N–H and O–H groups in total. The molecule has 0 amide bonds. The fourth-order valence-corrected chi connectivity index (χ4v) is 2.23. The second kappa shape index (κ2) is 5.12. The van der Waals surface area contributed by atoms with Crippen LogP contribution in [0.3, 0.4) is 0 Å². The number of nitrogens with zero attached hydrogens (tertiary/aromatic N) is 2. The van der Waals surface area contributed by atoms with E-state index in [9.17, 15) is 0 Å². The summed E-state index contributed by atoms with van der Waals surface area (Å²) in [6.45, 7) is 4.35. The van der Waals surface area contributed by atoms with Gasteiger partial charge in [-0.1, -0.05) is 15.9 Å². The van der Waals surface area contributed by atoms with E-state index in [1.54, 1.807) is 0 Å². The van der Waals surface area contributed by atoms with Crippen molar-refractivity contribution in [2.75, 3.05) is 0 Å². The van der Waals surface area contributed by atoms with Crippen LogP contribution in [0, 0.1) is 13.8 Å². The molecule has 1 heterocycles. The van der Waals surface area contributed by atoms with E-state index in [1.807, 2.05) is 43.8 Å². The van der Waals surface area contributed by atoms with Crippen molar-refractivity contribution in [1.82, 2.24) is 9.78 Å². The molecular formula is C13H16BrN3O. The third kappa shape index (κ3) is 2.42. The maximum absolute atomic E-state index is 5.95. The highest BCUT2D eigenvalue weighted by Gasteiger charge is 2.13. The minimum Gasteiger partial charge on any atom is -0.453 e. The molecule has 0 spiro atoms. The highest BCUT2D eigenvalue weighted by atomic mass is 79.9. The Morgan fingerprint density at radius 2 is 2.11 bits per heavy atom. The molecule has 0 saturated carbocycles. The highest BCUT2D eigenvalue weighted by molar-refractivity contribution is 9.10. The van der Waals surface area contributed by atoms with Crippen molar-refractivity contribution in [2.24, 2.45) is 12.8 Å². The molecule has 0 atom stereocenters. The molecule has 0 bridgehead atoms. The van der Waals surface area contributed by atoms with Crippen LogP contribution in [0.4, 0.5) is 0 Å². The SMILES string of the molecule is Cc1nn(C)c(C)c1Oc1ccc(Br)cc1CN. The van der Waals surface area contributed by atoms with Crippen LogP contribution in [0.1, 0.15) is 17.0 Å². The molecule has 18 heavy (non-hydrogen) atoms. The van der Waals surface area contributed by atoms with Gasteiger partial charge < -0.3 is 10.5 Å². The molecule has 0 aliphatic carbocycles. The number of hydrogen-bond acceptors (Lipinski definition) is 3. The normalized spacial score (nSPS) is 10.7. The molecule has 1 aromatic carbocycles. The average Bonchev–Trinajstić information content (AvgIpc) is 2.58. The first-order valence-corrected chi connectivity index (χ1v) is 6.48. The van der Waals surface area contributed by atoms with Gasteiger partial charge in [0.05, 0.1) is 5.69 Å². The van der Waals surface area contributed by atoms with E-state index >= 15 is 0 Å². The van der Waals surface area contributed by atoms with E-state index in [0.717, 1.165) is 32.9 Å². The Bertz CT molecular complexity index is 578. The second-order valence-electron chi connectivity index (χ2n) is 4.18. The molecular weight excluding hydrogens is 294 g/mol. The summed E-state index contributed by atoms with van der Waals surface area (Å²) in [5.74, 6) is 1.58. The lowest BCUT2D eigenvalue weighted by molar-refractivity contribution is 0.468. The summed E-state index contributed by atoms with van der Waals surface area (Å²) in [6.07, 6.45) is 0. The van der Waals surface area contributed by atoms with Gasteiger partial charge in [0.1, 0.15) is 11.4 Å². The van der Waals surface area contributed by atoms with Crippen molar-refractivity contribution in [3.63, 3.8) is 0 Å². The number of rotatable bonds is 3. The Balaban J connectivity index is 2.39. The van der Waals surface area contributed by atoms with E-state index in [4.69, 9.17) is 10.5 Å². The minimum absolute atomic E-state index is 0.438. The van der Waals surface area contributed by atoms with Crippen molar-refractivity contribution >= 4 is 15.9 Å². The number of aryl methyl sites for hydroxylation is 2. The Labute approximate surface area is 115 Å². The Kier molecular flexibility index (Phi) is 3.73. The number of hydrogen-bond donors (Lipinski definition) is 1. The van der Waals surface area contributed by atoms with Gasteiger partial charge in [0.15, 0.2) is 5.75 Å². The molecule has 0 radical (unpaired) electrons. The molecule has 0 aliphatic heterocycles. The second-order valence-corrected chi connectivity index (χ2v) is 5.10. The highest BCUT2D eigenvalue weighted by Crippen LogP contribution is 2.31. The Morgan fingerprint density at radius 1 is 1.39 bits per heavy atom. The molecule has 2 aromatic rings. The predicted molar refractivity (Wildman–Crippen MR) is 74.8 cm³/mol. The lowest BCUT2D eigenvalue weighted by Gasteiger charge is -2.10. The molecule has 0 fully saturated rings. The van der Waals surface area contributed by atoms with Crippen LogP contribution in [-0.2, 0) is 13.6 Å². The lowest BCUT2D eigenvalue weighted by Crippen LogP contribution is -2.00. The Hall–Kier alpha value is -1.33. The third-order valence-electron chi connectivity index (χ3n) is 2.90. The summed E-state index contributed by atoms with van der Waals surface area (Å²) in [6, 6.07) is 5.82. The number of benzene rings is 1. The van der Waals surface area contributed by atoms with Gasteiger partial charge in [0.2, 0.25) is 0 Å². The smallest absolute Gasteiger partial charge is 0.171 e. The monoisotopic (exact) mass is 309 g/mol. The van der Waals surface area contributed by atoms with Gasteiger partial charge in [-0.2, -0.15) is 5.10 Å². The van der Waals surface area contributed by atoms with E-state index in [-0.39, 0.29) is 0 Å². The zero-order valence-electron chi connectivity index (χ0n) is 10.7. The first kappa shape index (κ1) is 13.1. The minimum atomic E-state index is 0.438. The molecule has 96 valence electrons. The number of ether oxygens (including phenoxy) is 1. The lowest BCUT2D eigenvalue weighted by atomic mass is 10.2. The van der Waals surface area contributed by atoms with Crippen molar-refractivity contribution in [1.29, 1.82) is 0 Å². The topological polar surface area (TPSA) is 53.1 Å². The van der Waals surface area contributed by atoms with Gasteiger partial charge in [0.25, 0.3) is 0 Å². The van der Waals surface area contributed by atoms with Gasteiger partial charge >= 0.3 is 0 Å². The van der Waals surface area contributed by atoms with Crippen molar-refractivity contribution in [2.45, 2.75) is 20.4 Å². The fraction of sp³-hybridized carbons (Fsp3) is 0.308. The van der Waals surface area contributed by atoms with Crippen LogP contribution in [0.5, 0.6) is 11.5 Å². The summed E-state index contributed by atoms with van der Waals surface area (Å²) in [5.41, 5.74) is 8.57. The quantitative estimate of drug-likeness (QED) is 0.948. The number of aromatic nitrogens is 2. The Morgan fingerprint density at radius 3 is 2.67 bits per heavy atom. The van der Waals surface area contributed by atoms with Crippen molar-refractivity contribution in [3.05, 3.63) is 39.6 Å². The maximum atomic E-state index is 5.95. The van der Waals surface area contributed by atoms with Crippen LogP contribution in [0.25, 0.3) is 0 Å². The largest absolute Gasteiger partial charge is 0.453 e. The van der Waals surface area contributed by atoms with Gasteiger partial charge in [0, 0.05) is 23.6 Å². The molecule has 1 aromatic heterocycles. The molecule has 5 heteroatoms. The summed E-state index contributed by atoms with van der Waals surface area (Å²) in [5, 5.41) is 4.33. The first-order valence-electron chi connectivity index (χ1n) is 5.69. The average molecular weight is 310 g/mol. The van der Waals surface area contributed by atoms with E-state index in [2.05, 4.69) is 21.0 Å². The summed E-state index contributed by atoms with van der Waals surface area (Å²) < 4.78 is 8.76. The first-order chi connectivity index (χ1) is 8.52. The fourth-order valence-electron chi connectivity index (χ4n) is 1.82. The van der Waals surface area contributed by atoms with Gasteiger partial charge in [-0.25, -0.2) is 0 Å². The summed E-state index contributed by atoms with van der Waals surface area (Å²) in [4.78, 5) is 0. The predicted octanol–water partition coefficient (Wildman–Crippen LogP) is 3.05. The maximum Gasteiger partial charge on any atom is 0.171 e. The number of halogens is 1. The van der Waals surface area contributed by atoms with Crippen LogP contribution in [-0.4, -0.2) is 9.78 Å². The van der Waals surface area contributed by atoms with Crippen LogP contribution in [0.15, 0.2) is 22.7 Å². The number of nitrogens with two attached hydrogens (primary N) is 1. The third-order valence-corrected chi connectivity index (χ3v) is 3.39. The van der Waals surface area contributed by atoms with E-state index in [1.165, 1.54) is 0 Å². The van der Waals surface area contributed by atoms with Crippen molar-refractivity contribution < 1.29 is 4.74 Å². The van der Waals surface area contributed by atoms with Gasteiger partial charge in [-0.3, -0.25) is 4.68 Å². The molecule has 0 aliphatic rings. The van der Waals surface area contributed by atoms with E-state index < -0.39 is 0 Å². The van der Waals surface area contributed by atoms with E-state index in [0.29, 0.717) is 6.54 Å². The summed E-state index contributed by atoms with van der Waals surface area (Å²) in [7, 11) is 1.90. The molecule has 0 saturated heterocycles. The molecule has 0 unspecified atom stereocenters. The zero-order valence-corrected chi connectivity index (χ0v) is 12.3. The van der Waals surface area contributed by atoms with Gasteiger partial charge in [-0.05, 0) is 32.0 Å². The van der Waals surface area contributed by atoms with Gasteiger partial charge in [-0.15, -0.1) is 0 Å². The van der Waals surface area contributed by atoms with Crippen LogP contribution in [0.2, 0.25) is 0 Å². The van der Waals surface area contributed by atoms with Crippen LogP contribution >= 0.6 is 15.9 Å². The zero-order chi connectivity index (χ0) is 13.3. The molecule has 2 rings (SSSR count). The molecule has 4 nitrogen and oxygen atoms in total. The van der Waals surface area contributed by atoms with Crippen molar-refractivity contribution in [3.8, 4) is 11.5 Å².